The summed E-state index contributed by atoms with van der Waals surface area (Å²) in [7, 11) is -12.2. The zero-order valence-electron chi connectivity index (χ0n) is 24.4. The van der Waals surface area contributed by atoms with E-state index in [-0.39, 0.29) is 30.0 Å². The number of rotatable bonds is 7. The third kappa shape index (κ3) is 5.98. The average molecular weight is 647 g/mol. The van der Waals surface area contributed by atoms with Gasteiger partial charge in [-0.15, -0.1) is 0 Å². The molecule has 10 heteroatoms. The molecule has 5 aromatic rings. The summed E-state index contributed by atoms with van der Waals surface area (Å²) in [6.07, 6.45) is 0. The lowest BCUT2D eigenvalue weighted by atomic mass is 9.99. The quantitative estimate of drug-likeness (QED) is 0.186. The maximum atomic E-state index is 13.3. The molecule has 226 valence electrons. The first-order valence-electron chi connectivity index (χ1n) is 13.6. The van der Waals surface area contributed by atoms with Crippen LogP contribution < -0.4 is 0 Å². The predicted octanol–water partition coefficient (Wildman–Crippen LogP) is 7.17. The summed E-state index contributed by atoms with van der Waals surface area (Å²) in [5, 5.41) is 0. The Morgan fingerprint density at radius 1 is 0.409 bits per heavy atom. The highest BCUT2D eigenvalue weighted by molar-refractivity contribution is 7.91. The van der Waals surface area contributed by atoms with Gasteiger partial charge in [-0.3, -0.25) is 4.55 Å². The van der Waals surface area contributed by atoms with Gasteiger partial charge in [0, 0.05) is 5.56 Å². The molecule has 0 atom stereocenters. The van der Waals surface area contributed by atoms with Gasteiger partial charge in [-0.2, -0.15) is 8.42 Å². The molecule has 7 nitrogen and oxygen atoms in total. The van der Waals surface area contributed by atoms with Crippen LogP contribution in [0.15, 0.2) is 128 Å². The van der Waals surface area contributed by atoms with Crippen molar-refractivity contribution in [3.05, 3.63) is 125 Å². The molecule has 5 aromatic carbocycles. The lowest BCUT2D eigenvalue weighted by molar-refractivity contribution is 0.483. The minimum Gasteiger partial charge on any atom is -0.282 e. The van der Waals surface area contributed by atoms with Crippen LogP contribution >= 0.6 is 0 Å². The molecule has 1 N–H and O–H groups in total. The first-order chi connectivity index (χ1) is 20.6. The van der Waals surface area contributed by atoms with Crippen LogP contribution in [0.4, 0.5) is 0 Å². The summed E-state index contributed by atoms with van der Waals surface area (Å²) in [6.45, 7) is 7.48. The molecule has 0 amide bonds. The molecule has 0 heterocycles. The molecule has 5 rings (SSSR count). The Hall–Kier alpha value is -4.09. The van der Waals surface area contributed by atoms with Gasteiger partial charge in [-0.1, -0.05) is 42.5 Å². The maximum absolute atomic E-state index is 13.3. The van der Waals surface area contributed by atoms with Crippen LogP contribution in [0.1, 0.15) is 22.3 Å². The van der Waals surface area contributed by atoms with Crippen molar-refractivity contribution in [3.8, 4) is 22.3 Å². The zero-order chi connectivity index (χ0) is 32.0. The van der Waals surface area contributed by atoms with E-state index >= 15 is 0 Å². The van der Waals surface area contributed by atoms with Crippen molar-refractivity contribution < 1.29 is 29.8 Å². The molecule has 0 spiro atoms. The van der Waals surface area contributed by atoms with Gasteiger partial charge in [-0.05, 0) is 127 Å². The van der Waals surface area contributed by atoms with Crippen molar-refractivity contribution in [1.29, 1.82) is 0 Å². The number of benzene rings is 5. The van der Waals surface area contributed by atoms with Crippen molar-refractivity contribution in [2.24, 2.45) is 0 Å². The Morgan fingerprint density at radius 3 is 1.20 bits per heavy atom. The standard InChI is InChI=1S/C34H30O7S3/c1-22-5-12-31(19-24(22)3)42(35,36)29-14-7-26(8-15-29)28-11-18-34(44(39,40)41)33(21-28)27-9-16-30(17-10-27)43(37,38)32-13-6-23(2)25(4)20-32/h5-21H,1-4H3,(H,39,40,41). The van der Waals surface area contributed by atoms with E-state index in [0.717, 1.165) is 22.3 Å². The van der Waals surface area contributed by atoms with E-state index in [1.807, 2.05) is 27.7 Å². The zero-order valence-corrected chi connectivity index (χ0v) is 26.9. The summed E-state index contributed by atoms with van der Waals surface area (Å²) in [4.78, 5) is 0.141. The van der Waals surface area contributed by atoms with E-state index in [0.29, 0.717) is 16.7 Å². The Morgan fingerprint density at radius 2 is 0.795 bits per heavy atom. The Balaban J connectivity index is 1.52. The summed E-state index contributed by atoms with van der Waals surface area (Å²) in [5.41, 5.74) is 5.36. The summed E-state index contributed by atoms with van der Waals surface area (Å²) < 4.78 is 87.4. The molecule has 0 saturated carbocycles. The van der Waals surface area contributed by atoms with Gasteiger partial charge in [0.1, 0.15) is 4.90 Å². The van der Waals surface area contributed by atoms with Gasteiger partial charge in [0.25, 0.3) is 10.1 Å². The highest BCUT2D eigenvalue weighted by atomic mass is 32.2. The third-order valence-electron chi connectivity index (χ3n) is 7.81. The summed E-state index contributed by atoms with van der Waals surface area (Å²) >= 11 is 0. The molecule has 44 heavy (non-hydrogen) atoms. The van der Waals surface area contributed by atoms with E-state index in [4.69, 9.17) is 0 Å². The third-order valence-corrected chi connectivity index (χ3v) is 12.3. The van der Waals surface area contributed by atoms with Crippen LogP contribution in [-0.2, 0) is 29.8 Å². The van der Waals surface area contributed by atoms with Gasteiger partial charge in [0.05, 0.1) is 19.6 Å². The van der Waals surface area contributed by atoms with Crippen molar-refractivity contribution in [3.63, 3.8) is 0 Å². The van der Waals surface area contributed by atoms with Crippen molar-refractivity contribution >= 4 is 29.8 Å². The number of aryl methyl sites for hydroxylation is 4. The van der Waals surface area contributed by atoms with E-state index in [2.05, 4.69) is 0 Å². The van der Waals surface area contributed by atoms with Gasteiger partial charge < -0.3 is 0 Å². The smallest absolute Gasteiger partial charge is 0.282 e. The summed E-state index contributed by atoms with van der Waals surface area (Å²) in [6, 6.07) is 26.2. The number of hydrogen-bond donors (Lipinski definition) is 1. The van der Waals surface area contributed by atoms with E-state index in [1.54, 1.807) is 54.6 Å². The average Bonchev–Trinajstić information content (AvgIpc) is 2.99. The van der Waals surface area contributed by atoms with Crippen molar-refractivity contribution in [1.82, 2.24) is 0 Å². The molecule has 0 radical (unpaired) electrons. The lowest BCUT2D eigenvalue weighted by Gasteiger charge is -2.13. The van der Waals surface area contributed by atoms with Crippen LogP contribution in [0.25, 0.3) is 22.3 Å². The fourth-order valence-corrected chi connectivity index (χ4v) is 8.22. The lowest BCUT2D eigenvalue weighted by Crippen LogP contribution is -2.04. The molecule has 0 aliphatic carbocycles. The van der Waals surface area contributed by atoms with Gasteiger partial charge in [0.2, 0.25) is 19.7 Å². The highest BCUT2D eigenvalue weighted by Crippen LogP contribution is 2.34. The Labute approximate surface area is 258 Å². The summed E-state index contributed by atoms with van der Waals surface area (Å²) in [5.74, 6) is 0. The van der Waals surface area contributed by atoms with E-state index < -0.39 is 29.8 Å². The second-order valence-electron chi connectivity index (χ2n) is 10.7. The van der Waals surface area contributed by atoms with Crippen molar-refractivity contribution in [2.75, 3.05) is 0 Å². The van der Waals surface area contributed by atoms with Crippen LogP contribution in [0, 0.1) is 27.7 Å². The van der Waals surface area contributed by atoms with Crippen LogP contribution in [0.3, 0.4) is 0 Å². The van der Waals surface area contributed by atoms with Gasteiger partial charge >= 0.3 is 0 Å². The highest BCUT2D eigenvalue weighted by Gasteiger charge is 2.22. The molecular weight excluding hydrogens is 617 g/mol. The number of hydrogen-bond acceptors (Lipinski definition) is 6. The molecule has 0 unspecified atom stereocenters. The Bertz CT molecular complexity index is 2240. The van der Waals surface area contributed by atoms with Crippen LogP contribution in [0.5, 0.6) is 0 Å². The van der Waals surface area contributed by atoms with E-state index in [9.17, 15) is 29.8 Å². The Kier molecular flexibility index (Phi) is 8.15. The molecule has 0 saturated heterocycles. The second kappa shape index (κ2) is 11.4. The first-order valence-corrected chi connectivity index (χ1v) is 18.0. The topological polar surface area (TPSA) is 123 Å². The monoisotopic (exact) mass is 646 g/mol. The van der Waals surface area contributed by atoms with Gasteiger partial charge in [0.15, 0.2) is 0 Å². The molecule has 0 aromatic heterocycles. The first kappa shape index (κ1) is 31.3. The van der Waals surface area contributed by atoms with Crippen LogP contribution in [-0.4, -0.2) is 29.8 Å². The molecule has 0 fully saturated rings. The van der Waals surface area contributed by atoms with Gasteiger partial charge in [-0.25, -0.2) is 16.8 Å². The SMILES string of the molecule is Cc1ccc(S(=O)(=O)c2ccc(-c3ccc(S(=O)(=O)O)c(-c4ccc(S(=O)(=O)c5ccc(C)c(C)c5)cc4)c3)cc2)cc1C. The molecule has 0 aliphatic heterocycles. The normalized spacial score (nSPS) is 12.3. The van der Waals surface area contributed by atoms with E-state index in [1.165, 1.54) is 48.5 Å². The molecule has 0 aliphatic rings. The minimum absolute atomic E-state index is 0.0367. The molecular formula is C34H30O7S3. The largest absolute Gasteiger partial charge is 0.295 e. The fraction of sp³-hybridized carbons (Fsp3) is 0.118. The molecule has 0 bridgehead atoms. The number of sulfone groups is 2. The second-order valence-corrected chi connectivity index (χ2v) is 16.0. The minimum atomic E-state index is -4.63. The predicted molar refractivity (Wildman–Crippen MR) is 170 cm³/mol. The van der Waals surface area contributed by atoms with Crippen molar-refractivity contribution in [2.45, 2.75) is 52.2 Å². The van der Waals surface area contributed by atoms with Crippen LogP contribution in [0.2, 0.25) is 0 Å². The fourth-order valence-electron chi connectivity index (χ4n) is 4.83. The maximum Gasteiger partial charge on any atom is 0.295 e.